The van der Waals surface area contributed by atoms with E-state index in [0.717, 1.165) is 11.0 Å². The van der Waals surface area contributed by atoms with Crippen molar-refractivity contribution in [2.45, 2.75) is 19.1 Å². The normalized spacial score (nSPS) is 20.9. The van der Waals surface area contributed by atoms with E-state index < -0.39 is 25.3 Å². The van der Waals surface area contributed by atoms with Crippen LogP contribution in [0.4, 0.5) is 0 Å². The van der Waals surface area contributed by atoms with Crippen LogP contribution in [0.2, 0.25) is 0 Å². The monoisotopic (exact) mass is 296 g/mol. The summed E-state index contributed by atoms with van der Waals surface area (Å²) in [6.07, 6.45) is -1.22. The number of ether oxygens (including phenoxy) is 1. The molecule has 0 aromatic heterocycles. The summed E-state index contributed by atoms with van der Waals surface area (Å²) >= 11 is 0. The first kappa shape index (κ1) is 14.8. The molecule has 1 aliphatic rings. The highest BCUT2D eigenvalue weighted by Crippen LogP contribution is 2.31. The molecule has 1 aliphatic heterocycles. The Morgan fingerprint density at radius 3 is 2.32 bits per heavy atom. The van der Waals surface area contributed by atoms with E-state index in [9.17, 15) is 4.79 Å². The molecule has 0 saturated carbocycles. The van der Waals surface area contributed by atoms with E-state index in [2.05, 4.69) is 0 Å². The lowest BCUT2D eigenvalue weighted by atomic mass is 9.79. The van der Waals surface area contributed by atoms with Crippen LogP contribution in [0.15, 0.2) is 60.7 Å². The Morgan fingerprint density at radius 1 is 1.05 bits per heavy atom. The number of carbonyl (C=O) groups excluding carboxylic acids is 1. The van der Waals surface area contributed by atoms with Crippen molar-refractivity contribution >= 4 is 18.6 Å². The van der Waals surface area contributed by atoms with Crippen molar-refractivity contribution in [2.75, 3.05) is 6.61 Å². The number of esters is 1. The van der Waals surface area contributed by atoms with Crippen molar-refractivity contribution in [1.29, 1.82) is 0 Å². The van der Waals surface area contributed by atoms with Gasteiger partial charge in [-0.05, 0) is 17.9 Å². The first-order valence-corrected chi connectivity index (χ1v) is 7.37. The van der Waals surface area contributed by atoms with Gasteiger partial charge in [0.05, 0.1) is 6.61 Å². The molecule has 0 spiro atoms. The Kier molecular flexibility index (Phi) is 4.56. The third kappa shape index (κ3) is 3.05. The lowest BCUT2D eigenvalue weighted by molar-refractivity contribution is -0.152. The second-order valence-electron chi connectivity index (χ2n) is 5.02. The highest BCUT2D eigenvalue weighted by Gasteiger charge is 2.46. The predicted octanol–water partition coefficient (Wildman–Crippen LogP) is 2.10. The van der Waals surface area contributed by atoms with Crippen LogP contribution >= 0.6 is 0 Å². The van der Waals surface area contributed by atoms with Crippen LogP contribution < -0.4 is 5.46 Å². The summed E-state index contributed by atoms with van der Waals surface area (Å²) in [5.41, 5.74) is 1.79. The zero-order chi connectivity index (χ0) is 15.4. The molecule has 22 heavy (non-hydrogen) atoms. The van der Waals surface area contributed by atoms with Crippen molar-refractivity contribution in [1.82, 2.24) is 0 Å². The molecule has 0 amide bonds. The van der Waals surface area contributed by atoms with Gasteiger partial charge in [-0.15, -0.1) is 0 Å². The summed E-state index contributed by atoms with van der Waals surface area (Å²) in [4.78, 5) is 12.2. The highest BCUT2D eigenvalue weighted by atomic mass is 16.7. The van der Waals surface area contributed by atoms with Gasteiger partial charge < -0.3 is 14.0 Å². The fourth-order valence-corrected chi connectivity index (χ4v) is 2.51. The minimum absolute atomic E-state index is 0.316. The zero-order valence-corrected chi connectivity index (χ0v) is 12.3. The molecular formula is C17H17BO4. The van der Waals surface area contributed by atoms with E-state index in [4.69, 9.17) is 14.0 Å². The number of rotatable bonds is 4. The van der Waals surface area contributed by atoms with Gasteiger partial charge in [-0.25, -0.2) is 4.79 Å². The van der Waals surface area contributed by atoms with Gasteiger partial charge in [0, 0.05) is 0 Å². The van der Waals surface area contributed by atoms with E-state index in [-0.39, 0.29) is 0 Å². The number of carbonyl (C=O) groups is 1. The molecule has 2 atom stereocenters. The number of hydrogen-bond donors (Lipinski definition) is 0. The SMILES string of the molecule is CCOC(=O)[C@@H]1OB(c2ccccc2)O[C@H]1c1ccccc1. The van der Waals surface area contributed by atoms with E-state index in [1.807, 2.05) is 60.7 Å². The summed E-state index contributed by atoms with van der Waals surface area (Å²) in [7, 11) is -0.569. The molecule has 0 bridgehead atoms. The van der Waals surface area contributed by atoms with Gasteiger partial charge >= 0.3 is 13.1 Å². The van der Waals surface area contributed by atoms with Crippen LogP contribution in [-0.4, -0.2) is 25.8 Å². The quantitative estimate of drug-likeness (QED) is 0.640. The smallest absolute Gasteiger partial charge is 0.464 e. The van der Waals surface area contributed by atoms with Crippen molar-refractivity contribution in [2.24, 2.45) is 0 Å². The molecule has 4 nitrogen and oxygen atoms in total. The molecule has 3 rings (SSSR count). The van der Waals surface area contributed by atoms with E-state index in [0.29, 0.717) is 6.61 Å². The standard InChI is InChI=1S/C17H17BO4/c1-2-20-17(19)16-15(13-9-5-3-6-10-13)21-18(22-16)14-11-7-4-8-12-14/h3-12,15-16H,2H2,1H3/t15-,16+/m0/s1. The Hall–Kier alpha value is -2.11. The molecule has 1 saturated heterocycles. The largest absolute Gasteiger partial charge is 0.495 e. The van der Waals surface area contributed by atoms with Gasteiger partial charge in [0.25, 0.3) is 0 Å². The summed E-state index contributed by atoms with van der Waals surface area (Å²) < 4.78 is 16.9. The maximum absolute atomic E-state index is 12.2. The molecule has 2 aromatic rings. The Labute approximate surface area is 130 Å². The topological polar surface area (TPSA) is 44.8 Å². The van der Waals surface area contributed by atoms with Crippen LogP contribution in [0.3, 0.4) is 0 Å². The van der Waals surface area contributed by atoms with Crippen LogP contribution in [-0.2, 0) is 18.8 Å². The van der Waals surface area contributed by atoms with Gasteiger partial charge in [0.2, 0.25) is 0 Å². The molecule has 0 unspecified atom stereocenters. The molecular weight excluding hydrogens is 279 g/mol. The van der Waals surface area contributed by atoms with Crippen molar-refractivity contribution < 1.29 is 18.8 Å². The van der Waals surface area contributed by atoms with Crippen molar-refractivity contribution in [3.8, 4) is 0 Å². The molecule has 1 fully saturated rings. The summed E-state index contributed by atoms with van der Waals surface area (Å²) in [5, 5.41) is 0. The fraction of sp³-hybridized carbons (Fsp3) is 0.235. The zero-order valence-electron chi connectivity index (χ0n) is 12.3. The average molecular weight is 296 g/mol. The van der Waals surface area contributed by atoms with Crippen molar-refractivity contribution in [3.05, 3.63) is 66.2 Å². The average Bonchev–Trinajstić information content (AvgIpc) is 3.02. The number of benzene rings is 2. The molecule has 0 aliphatic carbocycles. The Balaban J connectivity index is 1.87. The summed E-state index contributed by atoms with van der Waals surface area (Å²) in [5.74, 6) is -0.394. The highest BCUT2D eigenvalue weighted by molar-refractivity contribution is 6.62. The maximum atomic E-state index is 12.2. The summed E-state index contributed by atoms with van der Waals surface area (Å²) in [6, 6.07) is 19.2. The van der Waals surface area contributed by atoms with Gasteiger partial charge in [0.15, 0.2) is 6.10 Å². The lowest BCUT2D eigenvalue weighted by Crippen LogP contribution is -2.34. The third-order valence-electron chi connectivity index (χ3n) is 3.53. The van der Waals surface area contributed by atoms with Crippen LogP contribution in [0, 0.1) is 0 Å². The molecule has 5 heteroatoms. The molecule has 112 valence electrons. The molecule has 2 aromatic carbocycles. The van der Waals surface area contributed by atoms with Crippen LogP contribution in [0.5, 0.6) is 0 Å². The number of hydrogen-bond acceptors (Lipinski definition) is 4. The van der Waals surface area contributed by atoms with Crippen LogP contribution in [0.1, 0.15) is 18.6 Å². The maximum Gasteiger partial charge on any atom is 0.495 e. The van der Waals surface area contributed by atoms with E-state index >= 15 is 0 Å². The predicted molar refractivity (Wildman–Crippen MR) is 83.6 cm³/mol. The third-order valence-corrected chi connectivity index (χ3v) is 3.53. The molecule has 1 heterocycles. The van der Waals surface area contributed by atoms with Crippen molar-refractivity contribution in [3.63, 3.8) is 0 Å². The minimum Gasteiger partial charge on any atom is -0.464 e. The summed E-state index contributed by atoms with van der Waals surface area (Å²) in [6.45, 7) is 2.09. The Bertz CT molecular complexity index is 617. The minimum atomic E-state index is -0.757. The van der Waals surface area contributed by atoms with Gasteiger partial charge in [-0.3, -0.25) is 0 Å². The van der Waals surface area contributed by atoms with Gasteiger partial charge in [-0.2, -0.15) is 0 Å². The fourth-order valence-electron chi connectivity index (χ4n) is 2.51. The van der Waals surface area contributed by atoms with E-state index in [1.54, 1.807) is 6.92 Å². The van der Waals surface area contributed by atoms with Gasteiger partial charge in [-0.1, -0.05) is 60.7 Å². The molecule has 0 radical (unpaired) electrons. The van der Waals surface area contributed by atoms with Crippen LogP contribution in [0.25, 0.3) is 0 Å². The second-order valence-corrected chi connectivity index (χ2v) is 5.02. The second kappa shape index (κ2) is 6.77. The first-order valence-electron chi connectivity index (χ1n) is 7.37. The first-order chi connectivity index (χ1) is 10.8. The lowest BCUT2D eigenvalue weighted by Gasteiger charge is -2.17. The van der Waals surface area contributed by atoms with Gasteiger partial charge in [0.1, 0.15) is 6.10 Å². The Morgan fingerprint density at radius 2 is 1.68 bits per heavy atom. The van der Waals surface area contributed by atoms with E-state index in [1.165, 1.54) is 0 Å². The molecule has 0 N–H and O–H groups in total.